The van der Waals surface area contributed by atoms with E-state index in [9.17, 15) is 4.79 Å². The number of quaternary nitrogens is 1. The minimum absolute atomic E-state index is 0.281. The molecule has 37 heavy (non-hydrogen) atoms. The predicted molar refractivity (Wildman–Crippen MR) is 147 cm³/mol. The number of nitrogens with one attached hydrogen (secondary N) is 3. The van der Waals surface area contributed by atoms with E-state index in [1.54, 1.807) is 28.9 Å². The number of rotatable bonds is 6. The van der Waals surface area contributed by atoms with E-state index >= 15 is 4.39 Å². The Labute approximate surface area is 218 Å². The third-order valence-electron chi connectivity index (χ3n) is 5.68. The monoisotopic (exact) mass is 518 g/mol. The fourth-order valence-electron chi connectivity index (χ4n) is 3.53. The third kappa shape index (κ3) is 6.16. The number of halogens is 1. The summed E-state index contributed by atoms with van der Waals surface area (Å²) in [6.45, 7) is 7.78. The molecule has 0 fully saturated rings. The van der Waals surface area contributed by atoms with Crippen LogP contribution in [0.2, 0.25) is 0 Å². The normalized spacial score (nSPS) is 12.0. The first-order valence-electron chi connectivity index (χ1n) is 11.6. The Balaban J connectivity index is 1.53. The van der Waals surface area contributed by atoms with Gasteiger partial charge in [-0.3, -0.25) is 10.6 Å². The van der Waals surface area contributed by atoms with Crippen molar-refractivity contribution >= 4 is 50.5 Å². The van der Waals surface area contributed by atoms with Crippen LogP contribution in [0.1, 0.15) is 26.3 Å². The van der Waals surface area contributed by atoms with E-state index in [1.807, 2.05) is 52.0 Å². The van der Waals surface area contributed by atoms with Gasteiger partial charge >= 0.3 is 6.03 Å². The maximum absolute atomic E-state index is 15.1. The minimum atomic E-state index is -0.554. The number of aromatic nitrogens is 2. The van der Waals surface area contributed by atoms with Gasteiger partial charge in [-0.1, -0.05) is 38.5 Å². The highest BCUT2D eigenvalue weighted by Crippen LogP contribution is 2.37. The zero-order valence-electron chi connectivity index (χ0n) is 21.0. The van der Waals surface area contributed by atoms with E-state index in [2.05, 4.69) is 20.6 Å². The summed E-state index contributed by atoms with van der Waals surface area (Å²) in [4.78, 5) is 21.7. The maximum atomic E-state index is 15.1. The average Bonchev–Trinajstić information content (AvgIpc) is 3.25. The number of carbonyl (C=O) groups is 1. The lowest BCUT2D eigenvalue weighted by Gasteiger charge is -2.18. The second-order valence-electron chi connectivity index (χ2n) is 9.68. The molecular formula is C27H29FN7OS+. The molecule has 2 aromatic carbocycles. The van der Waals surface area contributed by atoms with Gasteiger partial charge in [0.05, 0.1) is 5.39 Å². The molecule has 2 heterocycles. The van der Waals surface area contributed by atoms with Crippen LogP contribution in [0.3, 0.4) is 0 Å². The van der Waals surface area contributed by atoms with Crippen molar-refractivity contribution in [1.82, 2.24) is 15.3 Å². The van der Waals surface area contributed by atoms with Gasteiger partial charge in [-0.05, 0) is 37.3 Å². The van der Waals surface area contributed by atoms with Gasteiger partial charge in [-0.25, -0.2) is 19.2 Å². The van der Waals surface area contributed by atoms with Crippen LogP contribution in [-0.4, -0.2) is 21.7 Å². The summed E-state index contributed by atoms with van der Waals surface area (Å²) < 4.78 is 15.1. The molecule has 0 bridgehead atoms. The first-order chi connectivity index (χ1) is 17.5. The predicted octanol–water partition coefficient (Wildman–Crippen LogP) is 5.31. The Morgan fingerprint density at radius 2 is 1.86 bits per heavy atom. The third-order valence-corrected chi connectivity index (χ3v) is 6.57. The molecule has 0 aliphatic heterocycles. The number of allylic oxidation sites excluding steroid dienone is 1. The SMILES string of the molecule is Cc1ccc([NH2+]/C(=C\C(=N)C(C)(C)C)NC(=O)Nc2ccc(-c3csc4ncnc(N)c34)c(F)c2)cc1. The first kappa shape index (κ1) is 25.9. The maximum Gasteiger partial charge on any atom is 0.327 e. The summed E-state index contributed by atoms with van der Waals surface area (Å²) in [6.07, 6.45) is 3.00. The van der Waals surface area contributed by atoms with Crippen LogP contribution in [0.25, 0.3) is 21.3 Å². The Bertz CT molecular complexity index is 1500. The number of aryl methyl sites for hydroxylation is 1. The Morgan fingerprint density at radius 1 is 1.14 bits per heavy atom. The van der Waals surface area contributed by atoms with Gasteiger partial charge < -0.3 is 16.5 Å². The van der Waals surface area contributed by atoms with E-state index in [4.69, 9.17) is 11.1 Å². The molecule has 0 saturated carbocycles. The molecular weight excluding hydrogens is 489 g/mol. The molecule has 8 nitrogen and oxygen atoms in total. The first-order valence-corrected chi connectivity index (χ1v) is 12.5. The zero-order chi connectivity index (χ0) is 26.7. The fraction of sp³-hybridized carbons (Fsp3) is 0.185. The molecule has 2 aromatic heterocycles. The van der Waals surface area contributed by atoms with Crippen LogP contribution in [0, 0.1) is 23.6 Å². The lowest BCUT2D eigenvalue weighted by atomic mass is 9.90. The summed E-state index contributed by atoms with van der Waals surface area (Å²) in [6, 6.07) is 11.7. The molecule has 0 radical (unpaired) electrons. The van der Waals surface area contributed by atoms with E-state index in [0.29, 0.717) is 32.9 Å². The van der Waals surface area contributed by atoms with Crippen LogP contribution in [-0.2, 0) is 0 Å². The minimum Gasteiger partial charge on any atom is -0.383 e. The number of nitrogens with two attached hydrogens (primary N) is 2. The van der Waals surface area contributed by atoms with Crippen LogP contribution < -0.4 is 21.7 Å². The summed E-state index contributed by atoms with van der Waals surface area (Å²) >= 11 is 1.36. The molecule has 0 unspecified atom stereocenters. The highest BCUT2D eigenvalue weighted by atomic mass is 32.1. The largest absolute Gasteiger partial charge is 0.383 e. The Hall–Kier alpha value is -4.15. The Morgan fingerprint density at radius 3 is 2.54 bits per heavy atom. The van der Waals surface area contributed by atoms with Gasteiger partial charge in [0.1, 0.15) is 28.5 Å². The van der Waals surface area contributed by atoms with E-state index < -0.39 is 17.3 Å². The van der Waals surface area contributed by atoms with Crippen LogP contribution in [0.15, 0.2) is 66.1 Å². The number of fused-ring (bicyclic) bond motifs is 1. The molecule has 4 aromatic rings. The molecule has 0 aliphatic rings. The molecule has 0 saturated heterocycles. The number of amides is 2. The molecule has 0 atom stereocenters. The van der Waals surface area contributed by atoms with Crippen molar-refractivity contribution in [2.24, 2.45) is 5.41 Å². The highest BCUT2D eigenvalue weighted by Gasteiger charge is 2.20. The Kier molecular flexibility index (Phi) is 7.33. The lowest BCUT2D eigenvalue weighted by molar-refractivity contribution is -0.522. The molecule has 190 valence electrons. The molecule has 10 heteroatoms. The number of carbonyl (C=O) groups excluding carboxylic acids is 1. The number of nitrogen functional groups attached to an aromatic ring is 1. The number of hydrogen-bond acceptors (Lipinski definition) is 6. The zero-order valence-corrected chi connectivity index (χ0v) is 21.8. The lowest BCUT2D eigenvalue weighted by Crippen LogP contribution is -2.79. The van der Waals surface area contributed by atoms with Crippen molar-refractivity contribution in [3.05, 3.63) is 77.4 Å². The molecule has 2 amide bonds. The van der Waals surface area contributed by atoms with Crippen molar-refractivity contribution in [3.63, 3.8) is 0 Å². The van der Waals surface area contributed by atoms with Crippen molar-refractivity contribution < 1.29 is 14.5 Å². The number of anilines is 2. The van der Waals surface area contributed by atoms with Crippen molar-refractivity contribution in [1.29, 1.82) is 5.41 Å². The van der Waals surface area contributed by atoms with E-state index in [-0.39, 0.29) is 11.5 Å². The standard InChI is InChI=1S/C27H28FN7OS/c1-15-5-7-16(8-6-15)33-22(12-21(29)27(2,3)4)35-26(36)34-17-9-10-18(20(28)11-17)19-13-37-25-23(19)24(30)31-14-32-25/h5-14,29,33H,1-4H3,(H2,30,31,32)(H2,34,35,36)/p+1/b22-12+,29-21?. The topological polar surface area (TPSA) is 133 Å². The summed E-state index contributed by atoms with van der Waals surface area (Å²) in [5.74, 6) is 0.211. The number of thiophene rings is 1. The van der Waals surface area contributed by atoms with Gasteiger partial charge in [0, 0.05) is 39.4 Å². The highest BCUT2D eigenvalue weighted by molar-refractivity contribution is 7.17. The summed E-state index contributed by atoms with van der Waals surface area (Å²) in [5, 5.41) is 18.0. The second-order valence-corrected chi connectivity index (χ2v) is 10.5. The van der Waals surface area contributed by atoms with Crippen LogP contribution in [0.5, 0.6) is 0 Å². The number of urea groups is 1. The molecule has 0 spiro atoms. The van der Waals surface area contributed by atoms with E-state index in [0.717, 1.165) is 11.3 Å². The summed E-state index contributed by atoms with van der Waals surface area (Å²) in [7, 11) is 0. The van der Waals surface area contributed by atoms with Crippen molar-refractivity contribution in [3.8, 4) is 11.1 Å². The number of benzene rings is 2. The molecule has 7 N–H and O–H groups in total. The quantitative estimate of drug-likeness (QED) is 0.175. The smallest absolute Gasteiger partial charge is 0.327 e. The van der Waals surface area contributed by atoms with Gasteiger partial charge in [-0.15, -0.1) is 11.3 Å². The van der Waals surface area contributed by atoms with Crippen molar-refractivity contribution in [2.45, 2.75) is 27.7 Å². The second kappa shape index (κ2) is 10.5. The summed E-state index contributed by atoms with van der Waals surface area (Å²) in [5.41, 5.74) is 9.17. The average molecular weight is 519 g/mol. The van der Waals surface area contributed by atoms with E-state index in [1.165, 1.54) is 23.7 Å². The van der Waals surface area contributed by atoms with Gasteiger partial charge in [-0.2, -0.15) is 0 Å². The molecule has 4 rings (SSSR count). The fourth-order valence-corrected chi connectivity index (χ4v) is 4.44. The van der Waals surface area contributed by atoms with Gasteiger partial charge in [0.25, 0.3) is 0 Å². The van der Waals surface area contributed by atoms with Crippen LogP contribution >= 0.6 is 11.3 Å². The number of hydrogen-bond donors (Lipinski definition) is 5. The van der Waals surface area contributed by atoms with Crippen molar-refractivity contribution in [2.75, 3.05) is 11.1 Å². The number of nitrogens with zero attached hydrogens (tertiary/aromatic N) is 2. The van der Waals surface area contributed by atoms with Gasteiger partial charge in [0.2, 0.25) is 5.82 Å². The van der Waals surface area contributed by atoms with Crippen LogP contribution in [0.4, 0.5) is 26.4 Å². The van der Waals surface area contributed by atoms with Gasteiger partial charge in [0.15, 0.2) is 0 Å². The molecule has 0 aliphatic carbocycles.